The molecule has 1 aliphatic carbocycles. The van der Waals surface area contributed by atoms with Gasteiger partial charge in [0.2, 0.25) is 0 Å². The maximum atomic E-state index is 9.72. The van der Waals surface area contributed by atoms with Crippen molar-refractivity contribution in [3.63, 3.8) is 0 Å². The first-order valence-corrected chi connectivity index (χ1v) is 7.77. The summed E-state index contributed by atoms with van der Waals surface area (Å²) in [6.45, 7) is 2.24. The monoisotopic (exact) mass is 277 g/mol. The van der Waals surface area contributed by atoms with Crippen molar-refractivity contribution in [1.82, 2.24) is 9.97 Å². The van der Waals surface area contributed by atoms with Crippen LogP contribution in [0.3, 0.4) is 0 Å². The van der Waals surface area contributed by atoms with E-state index in [1.165, 1.54) is 12.8 Å². The lowest BCUT2D eigenvalue weighted by Crippen LogP contribution is -2.39. The average molecular weight is 277 g/mol. The number of nitrogens with one attached hydrogen (secondary N) is 1. The molecule has 0 bridgehead atoms. The van der Waals surface area contributed by atoms with Crippen LogP contribution in [0, 0.1) is 0 Å². The van der Waals surface area contributed by atoms with Gasteiger partial charge in [-0.3, -0.25) is 0 Å². The van der Waals surface area contributed by atoms with E-state index in [1.54, 1.807) is 11.3 Å². The molecule has 19 heavy (non-hydrogen) atoms. The topological polar surface area (TPSA) is 58.0 Å². The maximum Gasteiger partial charge on any atom is 0.139 e. The summed E-state index contributed by atoms with van der Waals surface area (Å²) in [5.74, 6) is 1.75. The van der Waals surface area contributed by atoms with Crippen molar-refractivity contribution >= 4 is 27.4 Å². The van der Waals surface area contributed by atoms with Crippen molar-refractivity contribution in [3.8, 4) is 0 Å². The maximum absolute atomic E-state index is 9.72. The average Bonchev–Trinajstić information content (AvgIpc) is 3.07. The molecule has 1 saturated carbocycles. The summed E-state index contributed by atoms with van der Waals surface area (Å²) in [5, 5.41) is 16.4. The summed E-state index contributed by atoms with van der Waals surface area (Å²) in [5.41, 5.74) is -0.186. The number of hydrogen-bond donors (Lipinski definition) is 2. The normalized spacial score (nSPS) is 18.0. The number of aromatic nitrogens is 2. The third-order valence-electron chi connectivity index (χ3n) is 3.93. The molecule has 0 aliphatic heterocycles. The molecule has 0 saturated heterocycles. The Morgan fingerprint density at radius 2 is 2.16 bits per heavy atom. The van der Waals surface area contributed by atoms with Crippen molar-refractivity contribution in [2.45, 2.75) is 44.6 Å². The Hall–Kier alpha value is -1.20. The molecular weight excluding hydrogens is 258 g/mol. The van der Waals surface area contributed by atoms with Gasteiger partial charge in [-0.1, -0.05) is 19.8 Å². The number of aliphatic hydroxyl groups excluding tert-OH is 1. The second-order valence-corrected chi connectivity index (χ2v) is 6.15. The summed E-state index contributed by atoms with van der Waals surface area (Å²) in [7, 11) is 0. The first kappa shape index (κ1) is 12.8. The van der Waals surface area contributed by atoms with Crippen LogP contribution in [0.5, 0.6) is 0 Å². The molecule has 0 unspecified atom stereocenters. The molecule has 4 nitrogen and oxygen atoms in total. The van der Waals surface area contributed by atoms with Gasteiger partial charge in [0, 0.05) is 6.42 Å². The number of hydrogen-bond acceptors (Lipinski definition) is 5. The van der Waals surface area contributed by atoms with E-state index in [4.69, 9.17) is 0 Å². The van der Waals surface area contributed by atoms with Crippen LogP contribution in [0.25, 0.3) is 10.2 Å². The van der Waals surface area contributed by atoms with Crippen LogP contribution >= 0.6 is 11.3 Å². The van der Waals surface area contributed by atoms with Crippen LogP contribution in [0.4, 0.5) is 5.82 Å². The second-order valence-electron chi connectivity index (χ2n) is 5.25. The minimum absolute atomic E-state index is 0.171. The Bertz CT molecular complexity index is 575. The highest BCUT2D eigenvalue weighted by Crippen LogP contribution is 2.35. The number of fused-ring (bicyclic) bond motifs is 1. The zero-order chi connectivity index (χ0) is 13.3. The lowest BCUT2D eigenvalue weighted by Gasteiger charge is -2.29. The first-order chi connectivity index (χ1) is 9.26. The van der Waals surface area contributed by atoms with Crippen LogP contribution < -0.4 is 5.32 Å². The van der Waals surface area contributed by atoms with Crippen molar-refractivity contribution in [2.24, 2.45) is 0 Å². The van der Waals surface area contributed by atoms with E-state index >= 15 is 0 Å². The van der Waals surface area contributed by atoms with Crippen LogP contribution in [0.15, 0.2) is 11.4 Å². The van der Waals surface area contributed by atoms with E-state index in [0.717, 1.165) is 41.1 Å². The molecule has 2 aromatic heterocycles. The molecule has 2 N–H and O–H groups in total. The number of thiophene rings is 1. The molecule has 2 aromatic rings. The minimum Gasteiger partial charge on any atom is -0.394 e. The van der Waals surface area contributed by atoms with Crippen LogP contribution in [-0.4, -0.2) is 27.2 Å². The predicted octanol–water partition coefficient (Wildman–Crippen LogP) is 2.97. The molecule has 0 spiro atoms. The van der Waals surface area contributed by atoms with E-state index < -0.39 is 0 Å². The lowest BCUT2D eigenvalue weighted by molar-refractivity contribution is 0.214. The van der Waals surface area contributed by atoms with Crippen LogP contribution in [-0.2, 0) is 6.42 Å². The van der Waals surface area contributed by atoms with Crippen molar-refractivity contribution in [1.29, 1.82) is 0 Å². The standard InChI is InChI=1S/C14H19N3OS/c1-2-11-15-12(10-5-8-19-13(10)16-11)17-14(9-18)6-3-4-7-14/h5,8,18H,2-4,6-7,9H2,1H3,(H,15,16,17). The van der Waals surface area contributed by atoms with Crippen molar-refractivity contribution in [2.75, 3.05) is 11.9 Å². The molecular formula is C14H19N3OS. The molecule has 2 heterocycles. The van der Waals surface area contributed by atoms with Gasteiger partial charge in [-0.25, -0.2) is 9.97 Å². The van der Waals surface area contributed by atoms with Gasteiger partial charge >= 0.3 is 0 Å². The van der Waals surface area contributed by atoms with Crippen molar-refractivity contribution < 1.29 is 5.11 Å². The Kier molecular flexibility index (Phi) is 3.41. The number of aryl methyl sites for hydroxylation is 1. The quantitative estimate of drug-likeness (QED) is 0.902. The second kappa shape index (κ2) is 5.06. The molecule has 102 valence electrons. The van der Waals surface area contributed by atoms with Gasteiger partial charge < -0.3 is 10.4 Å². The van der Waals surface area contributed by atoms with Gasteiger partial charge in [0.15, 0.2) is 0 Å². The highest BCUT2D eigenvalue weighted by Gasteiger charge is 2.33. The summed E-state index contributed by atoms with van der Waals surface area (Å²) in [4.78, 5) is 10.2. The number of aliphatic hydroxyl groups is 1. The Morgan fingerprint density at radius 3 is 2.84 bits per heavy atom. The number of anilines is 1. The van der Waals surface area contributed by atoms with Crippen LogP contribution in [0.2, 0.25) is 0 Å². The molecule has 0 radical (unpaired) electrons. The first-order valence-electron chi connectivity index (χ1n) is 6.89. The summed E-state index contributed by atoms with van der Waals surface area (Å²) in [6, 6.07) is 2.06. The van der Waals surface area contributed by atoms with E-state index in [0.29, 0.717) is 0 Å². The molecule has 5 heteroatoms. The molecule has 0 atom stereocenters. The fourth-order valence-electron chi connectivity index (χ4n) is 2.78. The highest BCUT2D eigenvalue weighted by atomic mass is 32.1. The predicted molar refractivity (Wildman–Crippen MR) is 78.7 cm³/mol. The van der Waals surface area contributed by atoms with Crippen molar-refractivity contribution in [3.05, 3.63) is 17.3 Å². The van der Waals surface area contributed by atoms with Gasteiger partial charge in [-0.15, -0.1) is 11.3 Å². The Morgan fingerprint density at radius 1 is 1.37 bits per heavy atom. The smallest absolute Gasteiger partial charge is 0.139 e. The molecule has 1 aliphatic rings. The number of nitrogens with zero attached hydrogens (tertiary/aromatic N) is 2. The van der Waals surface area contributed by atoms with E-state index in [1.807, 2.05) is 5.38 Å². The Balaban J connectivity index is 2.01. The minimum atomic E-state index is -0.186. The van der Waals surface area contributed by atoms with Gasteiger partial charge in [-0.2, -0.15) is 0 Å². The largest absolute Gasteiger partial charge is 0.394 e. The Labute approximate surface area is 116 Å². The SMILES string of the molecule is CCc1nc(NC2(CO)CCCC2)c2ccsc2n1. The van der Waals surface area contributed by atoms with Crippen LogP contribution in [0.1, 0.15) is 38.4 Å². The van der Waals surface area contributed by atoms with E-state index in [-0.39, 0.29) is 12.1 Å². The van der Waals surface area contributed by atoms with Gasteiger partial charge in [-0.05, 0) is 24.3 Å². The van der Waals surface area contributed by atoms with Gasteiger partial charge in [0.1, 0.15) is 16.5 Å². The summed E-state index contributed by atoms with van der Waals surface area (Å²) in [6.07, 6.45) is 5.20. The summed E-state index contributed by atoms with van der Waals surface area (Å²) >= 11 is 1.64. The lowest BCUT2D eigenvalue weighted by atomic mass is 9.99. The summed E-state index contributed by atoms with van der Waals surface area (Å²) < 4.78 is 0. The third-order valence-corrected chi connectivity index (χ3v) is 4.74. The third kappa shape index (κ3) is 2.32. The fourth-order valence-corrected chi connectivity index (χ4v) is 3.56. The van der Waals surface area contributed by atoms with E-state index in [2.05, 4.69) is 28.3 Å². The van der Waals surface area contributed by atoms with Gasteiger partial charge in [0.25, 0.3) is 0 Å². The van der Waals surface area contributed by atoms with Gasteiger partial charge in [0.05, 0.1) is 17.5 Å². The molecule has 1 fully saturated rings. The number of rotatable bonds is 4. The highest BCUT2D eigenvalue weighted by molar-refractivity contribution is 7.16. The fraction of sp³-hybridized carbons (Fsp3) is 0.571. The molecule has 0 aromatic carbocycles. The zero-order valence-corrected chi connectivity index (χ0v) is 12.0. The van der Waals surface area contributed by atoms with E-state index in [9.17, 15) is 5.11 Å². The molecule has 3 rings (SSSR count). The molecule has 0 amide bonds. The zero-order valence-electron chi connectivity index (χ0n) is 11.1.